The molecule has 2 fully saturated rings. The molecule has 4 heterocycles. The Morgan fingerprint density at radius 1 is 0.694 bits per heavy atom. The molecule has 3 aromatic carbocycles. The van der Waals surface area contributed by atoms with Crippen LogP contribution in [0.3, 0.4) is 0 Å². The summed E-state index contributed by atoms with van der Waals surface area (Å²) < 4.78 is 0. The summed E-state index contributed by atoms with van der Waals surface area (Å²) in [6, 6.07) is 28.5. The molecule has 0 spiro atoms. The number of benzene rings is 3. The van der Waals surface area contributed by atoms with Gasteiger partial charge in [0, 0.05) is 64.9 Å². The lowest BCUT2D eigenvalue weighted by Gasteiger charge is -2.43. The number of hydrogen-bond donors (Lipinski definition) is 2. The van der Waals surface area contributed by atoms with Crippen molar-refractivity contribution in [1.29, 1.82) is 0 Å². The number of nitrogens with one attached hydrogen (secondary N) is 2. The molecule has 7 rings (SSSR count). The lowest BCUT2D eigenvalue weighted by Crippen LogP contribution is -2.45. The maximum absolute atomic E-state index is 3.58. The number of fused-ring (bicyclic) bond motifs is 2. The van der Waals surface area contributed by atoms with Crippen LogP contribution in [0.1, 0.15) is 30.4 Å². The number of aromatic amines is 2. The van der Waals surface area contributed by atoms with Gasteiger partial charge in [0.15, 0.2) is 0 Å². The van der Waals surface area contributed by atoms with Crippen molar-refractivity contribution < 1.29 is 0 Å². The Balaban J connectivity index is 1.16. The van der Waals surface area contributed by atoms with E-state index in [4.69, 9.17) is 0 Å². The van der Waals surface area contributed by atoms with E-state index in [0.717, 1.165) is 31.8 Å². The van der Waals surface area contributed by atoms with Gasteiger partial charge in [-0.3, -0.25) is 0 Å². The van der Waals surface area contributed by atoms with Crippen molar-refractivity contribution in [1.82, 2.24) is 14.9 Å². The molecule has 182 valence electrons. The van der Waals surface area contributed by atoms with Gasteiger partial charge in [-0.25, -0.2) is 0 Å². The van der Waals surface area contributed by atoms with Crippen molar-refractivity contribution in [2.24, 2.45) is 5.92 Å². The van der Waals surface area contributed by atoms with Gasteiger partial charge in [0.25, 0.3) is 0 Å². The van der Waals surface area contributed by atoms with Gasteiger partial charge in [-0.1, -0.05) is 54.6 Å². The van der Waals surface area contributed by atoms with E-state index < -0.39 is 0 Å². The van der Waals surface area contributed by atoms with Gasteiger partial charge in [0.2, 0.25) is 0 Å². The first kappa shape index (κ1) is 21.8. The number of nitrogens with zero attached hydrogens (tertiary/aromatic N) is 2. The number of likely N-dealkylation sites (tertiary alicyclic amines) is 1. The number of piperidine rings is 1. The van der Waals surface area contributed by atoms with Gasteiger partial charge in [-0.2, -0.15) is 0 Å². The van der Waals surface area contributed by atoms with E-state index in [1.54, 1.807) is 0 Å². The maximum atomic E-state index is 3.58. The van der Waals surface area contributed by atoms with Crippen LogP contribution in [0.2, 0.25) is 0 Å². The summed E-state index contributed by atoms with van der Waals surface area (Å²) in [5, 5.41) is 2.73. The third-order valence-electron chi connectivity index (χ3n) is 8.84. The van der Waals surface area contributed by atoms with E-state index in [0.29, 0.717) is 0 Å². The standard InChI is InChI=1S/C32H34N4/c1-2-8-25(9-3-1)36-17-14-24(23-36)22-35-18-15-32(16-19-35,28-20-33-30-12-6-4-10-26(28)30)29-21-34-31-13-7-5-11-27(29)31/h1-13,20-21,24,33-34H,14-19,22-23H2. The second kappa shape index (κ2) is 8.86. The van der Waals surface area contributed by atoms with Crippen molar-refractivity contribution in [3.63, 3.8) is 0 Å². The minimum atomic E-state index is 0.0153. The van der Waals surface area contributed by atoms with Crippen LogP contribution in [0.5, 0.6) is 0 Å². The van der Waals surface area contributed by atoms with E-state index >= 15 is 0 Å². The molecule has 0 aliphatic carbocycles. The quantitative estimate of drug-likeness (QED) is 0.303. The van der Waals surface area contributed by atoms with Crippen LogP contribution in [0.15, 0.2) is 91.3 Å². The number of anilines is 1. The third kappa shape index (κ3) is 3.63. The van der Waals surface area contributed by atoms with Crippen molar-refractivity contribution in [3.05, 3.63) is 102 Å². The molecule has 2 aromatic heterocycles. The third-order valence-corrected chi connectivity index (χ3v) is 8.84. The highest BCUT2D eigenvalue weighted by Crippen LogP contribution is 2.47. The first-order chi connectivity index (χ1) is 17.8. The number of para-hydroxylation sites is 3. The Kier molecular flexibility index (Phi) is 5.36. The Hall–Kier alpha value is -3.50. The van der Waals surface area contributed by atoms with Crippen LogP contribution in [-0.4, -0.2) is 47.6 Å². The second-order valence-corrected chi connectivity index (χ2v) is 10.8. The molecular weight excluding hydrogens is 440 g/mol. The maximum Gasteiger partial charge on any atom is 0.0457 e. The molecule has 2 N–H and O–H groups in total. The predicted octanol–water partition coefficient (Wildman–Crippen LogP) is 6.56. The van der Waals surface area contributed by atoms with Gasteiger partial charge >= 0.3 is 0 Å². The van der Waals surface area contributed by atoms with Crippen LogP contribution in [0.25, 0.3) is 21.8 Å². The molecule has 0 saturated carbocycles. The van der Waals surface area contributed by atoms with E-state index in [-0.39, 0.29) is 5.41 Å². The normalized spacial score (nSPS) is 20.4. The SMILES string of the molecule is c1ccc(N2CCC(CN3CCC(c4c[nH]c5ccccc45)(c4c[nH]c5ccccc45)CC3)C2)cc1. The smallest absolute Gasteiger partial charge is 0.0457 e. The molecule has 4 nitrogen and oxygen atoms in total. The Morgan fingerprint density at radius 3 is 1.92 bits per heavy atom. The second-order valence-electron chi connectivity index (χ2n) is 10.8. The minimum Gasteiger partial charge on any atom is -0.371 e. The molecule has 5 aromatic rings. The summed E-state index contributed by atoms with van der Waals surface area (Å²) in [5.41, 5.74) is 6.78. The zero-order valence-electron chi connectivity index (χ0n) is 20.8. The van der Waals surface area contributed by atoms with Crippen LogP contribution in [0, 0.1) is 5.92 Å². The molecule has 0 radical (unpaired) electrons. The first-order valence-electron chi connectivity index (χ1n) is 13.5. The van der Waals surface area contributed by atoms with E-state index in [2.05, 4.69) is 111 Å². The fourth-order valence-corrected chi connectivity index (χ4v) is 6.96. The lowest BCUT2D eigenvalue weighted by atomic mass is 9.67. The summed E-state index contributed by atoms with van der Waals surface area (Å²) in [7, 11) is 0. The largest absolute Gasteiger partial charge is 0.371 e. The highest BCUT2D eigenvalue weighted by molar-refractivity contribution is 5.89. The number of H-pyrrole nitrogens is 2. The lowest BCUT2D eigenvalue weighted by molar-refractivity contribution is 0.161. The molecule has 4 heteroatoms. The van der Waals surface area contributed by atoms with Crippen molar-refractivity contribution in [2.75, 3.05) is 37.6 Å². The van der Waals surface area contributed by atoms with Crippen molar-refractivity contribution in [3.8, 4) is 0 Å². The fraction of sp³-hybridized carbons (Fsp3) is 0.312. The average Bonchev–Trinajstić information content (AvgIpc) is 3.69. The Bertz CT molecular complexity index is 1400. The van der Waals surface area contributed by atoms with E-state index in [9.17, 15) is 0 Å². The summed E-state index contributed by atoms with van der Waals surface area (Å²) >= 11 is 0. The Labute approximate surface area is 212 Å². The fourth-order valence-electron chi connectivity index (χ4n) is 6.96. The predicted molar refractivity (Wildman–Crippen MR) is 150 cm³/mol. The van der Waals surface area contributed by atoms with E-state index in [1.807, 2.05) is 0 Å². The van der Waals surface area contributed by atoms with Gasteiger partial charge in [-0.05, 0) is 73.7 Å². The molecule has 1 atom stereocenters. The van der Waals surface area contributed by atoms with Gasteiger partial charge in [-0.15, -0.1) is 0 Å². The highest BCUT2D eigenvalue weighted by Gasteiger charge is 2.41. The number of hydrogen-bond acceptors (Lipinski definition) is 2. The van der Waals surface area contributed by atoms with Crippen LogP contribution >= 0.6 is 0 Å². The van der Waals surface area contributed by atoms with Gasteiger partial charge in [0.05, 0.1) is 0 Å². The molecule has 2 saturated heterocycles. The molecule has 0 bridgehead atoms. The highest BCUT2D eigenvalue weighted by atomic mass is 15.2. The Morgan fingerprint density at radius 2 is 1.28 bits per heavy atom. The van der Waals surface area contributed by atoms with Crippen molar-refractivity contribution >= 4 is 27.5 Å². The number of aromatic nitrogens is 2. The summed E-state index contributed by atoms with van der Waals surface area (Å²) in [6.45, 7) is 5.84. The van der Waals surface area contributed by atoms with Gasteiger partial charge < -0.3 is 19.8 Å². The minimum absolute atomic E-state index is 0.0153. The van der Waals surface area contributed by atoms with E-state index in [1.165, 1.54) is 64.7 Å². The zero-order chi connectivity index (χ0) is 24.0. The summed E-state index contributed by atoms with van der Waals surface area (Å²) in [4.78, 5) is 12.5. The summed E-state index contributed by atoms with van der Waals surface area (Å²) in [6.07, 6.45) is 8.16. The average molecular weight is 475 g/mol. The molecule has 1 unspecified atom stereocenters. The molecule has 36 heavy (non-hydrogen) atoms. The number of rotatable bonds is 5. The molecule has 0 amide bonds. The van der Waals surface area contributed by atoms with Crippen LogP contribution < -0.4 is 4.90 Å². The molecule has 2 aliphatic heterocycles. The molecular formula is C32H34N4. The molecule has 2 aliphatic rings. The van der Waals surface area contributed by atoms with Gasteiger partial charge in [0.1, 0.15) is 0 Å². The van der Waals surface area contributed by atoms with Crippen LogP contribution in [-0.2, 0) is 5.41 Å². The van der Waals surface area contributed by atoms with Crippen molar-refractivity contribution in [2.45, 2.75) is 24.7 Å². The monoisotopic (exact) mass is 474 g/mol. The summed E-state index contributed by atoms with van der Waals surface area (Å²) in [5.74, 6) is 0.749. The first-order valence-corrected chi connectivity index (χ1v) is 13.5. The zero-order valence-corrected chi connectivity index (χ0v) is 20.8. The topological polar surface area (TPSA) is 38.1 Å². The van der Waals surface area contributed by atoms with Crippen LogP contribution in [0.4, 0.5) is 5.69 Å².